The number of para-hydroxylation sites is 2. The van der Waals surface area contributed by atoms with Gasteiger partial charge in [-0.25, -0.2) is 4.79 Å². The Kier molecular flexibility index (Phi) is 2.06. The number of esters is 1. The molecule has 0 aliphatic carbocycles. The summed E-state index contributed by atoms with van der Waals surface area (Å²) in [6, 6.07) is 7.18. The molecule has 0 radical (unpaired) electrons. The van der Waals surface area contributed by atoms with E-state index in [0.29, 0.717) is 11.5 Å². The molecule has 2 atom stereocenters. The van der Waals surface area contributed by atoms with Gasteiger partial charge < -0.3 is 18.9 Å². The summed E-state index contributed by atoms with van der Waals surface area (Å²) >= 11 is 0. The highest BCUT2D eigenvalue weighted by Gasteiger charge is 2.48. The van der Waals surface area contributed by atoms with E-state index in [9.17, 15) is 4.79 Å². The van der Waals surface area contributed by atoms with Crippen molar-refractivity contribution in [2.45, 2.75) is 32.0 Å². The van der Waals surface area contributed by atoms with Gasteiger partial charge in [-0.2, -0.15) is 0 Å². The molecule has 0 N–H and O–H groups in total. The van der Waals surface area contributed by atoms with Crippen molar-refractivity contribution >= 4 is 5.97 Å². The minimum atomic E-state index is -1.02. The van der Waals surface area contributed by atoms with E-state index in [1.54, 1.807) is 26.0 Å². The fraction of sp³-hybridized carbons (Fsp3) is 0.417. The van der Waals surface area contributed by atoms with Crippen LogP contribution >= 0.6 is 0 Å². The monoisotopic (exact) mass is 236 g/mol. The first-order valence-electron chi connectivity index (χ1n) is 5.37. The SMILES string of the molecule is CC1(C)O[C@H]2Oc3ccccc3O[C@H]2OC1=O. The number of benzene rings is 1. The molecule has 1 aromatic rings. The molecule has 0 bridgehead atoms. The number of hydrogen-bond acceptors (Lipinski definition) is 5. The Balaban J connectivity index is 1.90. The van der Waals surface area contributed by atoms with Gasteiger partial charge in [0.15, 0.2) is 17.1 Å². The van der Waals surface area contributed by atoms with Gasteiger partial charge in [0.05, 0.1) is 0 Å². The zero-order valence-corrected chi connectivity index (χ0v) is 9.51. The van der Waals surface area contributed by atoms with Crippen molar-refractivity contribution in [3.63, 3.8) is 0 Å². The first kappa shape index (κ1) is 10.4. The summed E-state index contributed by atoms with van der Waals surface area (Å²) in [7, 11) is 0. The Labute approximate surface area is 98.2 Å². The van der Waals surface area contributed by atoms with Crippen LogP contribution in [0.2, 0.25) is 0 Å². The van der Waals surface area contributed by atoms with Crippen LogP contribution in [0, 0.1) is 0 Å². The minimum Gasteiger partial charge on any atom is -0.453 e. The van der Waals surface area contributed by atoms with Crippen LogP contribution in [-0.2, 0) is 14.3 Å². The maximum absolute atomic E-state index is 11.6. The number of carbonyl (C=O) groups is 1. The number of ether oxygens (including phenoxy) is 4. The van der Waals surface area contributed by atoms with Crippen molar-refractivity contribution in [1.82, 2.24) is 0 Å². The molecule has 0 aromatic heterocycles. The molecule has 5 heteroatoms. The predicted octanol–water partition coefficient (Wildman–Crippen LogP) is 1.46. The summed E-state index contributed by atoms with van der Waals surface area (Å²) in [6.45, 7) is 3.27. The van der Waals surface area contributed by atoms with Gasteiger partial charge in [-0.15, -0.1) is 0 Å². The van der Waals surface area contributed by atoms with Crippen molar-refractivity contribution in [2.24, 2.45) is 0 Å². The lowest BCUT2D eigenvalue weighted by Crippen LogP contribution is -2.57. The van der Waals surface area contributed by atoms with Crippen LogP contribution in [0.15, 0.2) is 24.3 Å². The van der Waals surface area contributed by atoms with Crippen LogP contribution in [0.4, 0.5) is 0 Å². The normalized spacial score (nSPS) is 29.2. The van der Waals surface area contributed by atoms with Crippen LogP contribution in [0.1, 0.15) is 13.8 Å². The number of carbonyl (C=O) groups excluding carboxylic acids is 1. The molecule has 5 nitrogen and oxygen atoms in total. The molecule has 0 amide bonds. The van der Waals surface area contributed by atoms with E-state index < -0.39 is 24.2 Å². The lowest BCUT2D eigenvalue weighted by atomic mass is 10.1. The lowest BCUT2D eigenvalue weighted by molar-refractivity contribution is -0.303. The number of hydrogen-bond donors (Lipinski definition) is 0. The Morgan fingerprint density at radius 3 is 2.24 bits per heavy atom. The second-order valence-corrected chi connectivity index (χ2v) is 4.45. The van der Waals surface area contributed by atoms with Crippen molar-refractivity contribution in [3.05, 3.63) is 24.3 Å². The third-order valence-electron chi connectivity index (χ3n) is 2.68. The van der Waals surface area contributed by atoms with Gasteiger partial charge in [0, 0.05) is 0 Å². The summed E-state index contributed by atoms with van der Waals surface area (Å²) in [5, 5.41) is 0. The fourth-order valence-corrected chi connectivity index (χ4v) is 1.75. The van der Waals surface area contributed by atoms with Crippen LogP contribution in [-0.4, -0.2) is 24.2 Å². The molecule has 1 aromatic carbocycles. The molecular weight excluding hydrogens is 224 g/mol. The Hall–Kier alpha value is -1.75. The van der Waals surface area contributed by atoms with Gasteiger partial charge in [-0.3, -0.25) is 0 Å². The Morgan fingerprint density at radius 1 is 1.00 bits per heavy atom. The van der Waals surface area contributed by atoms with Crippen LogP contribution in [0.5, 0.6) is 11.5 Å². The van der Waals surface area contributed by atoms with E-state index in [1.165, 1.54) is 0 Å². The van der Waals surface area contributed by atoms with Crippen LogP contribution in [0.3, 0.4) is 0 Å². The highest BCUT2D eigenvalue weighted by Crippen LogP contribution is 2.37. The molecule has 17 heavy (non-hydrogen) atoms. The van der Waals surface area contributed by atoms with Gasteiger partial charge in [0.25, 0.3) is 6.29 Å². The molecule has 0 spiro atoms. The standard InChI is InChI=1S/C12H12O5/c1-12(2)11(13)16-9-10(17-12)15-8-6-4-3-5-7(8)14-9/h3-6,9-10H,1-2H3/t9-,10+/m0/s1. The summed E-state index contributed by atoms with van der Waals surface area (Å²) in [6.07, 6.45) is -1.57. The first-order chi connectivity index (χ1) is 8.06. The average Bonchev–Trinajstić information content (AvgIpc) is 2.28. The van der Waals surface area contributed by atoms with Gasteiger partial charge in [-0.05, 0) is 26.0 Å². The number of rotatable bonds is 0. The molecule has 1 saturated heterocycles. The summed E-state index contributed by atoms with van der Waals surface area (Å²) < 4.78 is 21.8. The van der Waals surface area contributed by atoms with Crippen LogP contribution < -0.4 is 9.47 Å². The summed E-state index contributed by atoms with van der Waals surface area (Å²) in [5.74, 6) is 0.675. The fourth-order valence-electron chi connectivity index (χ4n) is 1.75. The molecule has 90 valence electrons. The minimum absolute atomic E-state index is 0.457. The van der Waals surface area contributed by atoms with E-state index >= 15 is 0 Å². The van der Waals surface area contributed by atoms with Crippen LogP contribution in [0.25, 0.3) is 0 Å². The predicted molar refractivity (Wildman–Crippen MR) is 56.5 cm³/mol. The van der Waals surface area contributed by atoms with Gasteiger partial charge in [0.1, 0.15) is 0 Å². The van der Waals surface area contributed by atoms with Crippen molar-refractivity contribution in [3.8, 4) is 11.5 Å². The molecule has 1 fully saturated rings. The molecule has 3 rings (SSSR count). The van der Waals surface area contributed by atoms with E-state index in [-0.39, 0.29) is 0 Å². The maximum Gasteiger partial charge on any atom is 0.341 e. The Morgan fingerprint density at radius 2 is 1.59 bits per heavy atom. The van der Waals surface area contributed by atoms with Gasteiger partial charge >= 0.3 is 12.3 Å². The van der Waals surface area contributed by atoms with Crippen molar-refractivity contribution < 1.29 is 23.7 Å². The van der Waals surface area contributed by atoms with E-state index in [2.05, 4.69) is 0 Å². The van der Waals surface area contributed by atoms with Gasteiger partial charge in [0.2, 0.25) is 0 Å². The lowest BCUT2D eigenvalue weighted by Gasteiger charge is -2.41. The largest absolute Gasteiger partial charge is 0.453 e. The van der Waals surface area contributed by atoms with Crippen molar-refractivity contribution in [2.75, 3.05) is 0 Å². The van der Waals surface area contributed by atoms with E-state index in [4.69, 9.17) is 18.9 Å². The Bertz CT molecular complexity index is 468. The maximum atomic E-state index is 11.6. The molecule has 2 heterocycles. The summed E-state index contributed by atoms with van der Waals surface area (Å²) in [5.41, 5.74) is -1.02. The second-order valence-electron chi connectivity index (χ2n) is 4.45. The topological polar surface area (TPSA) is 54.0 Å². The molecule has 0 saturated carbocycles. The third kappa shape index (κ3) is 1.63. The average molecular weight is 236 g/mol. The first-order valence-corrected chi connectivity index (χ1v) is 5.37. The highest BCUT2D eigenvalue weighted by molar-refractivity contribution is 5.79. The van der Waals surface area contributed by atoms with Crippen molar-refractivity contribution in [1.29, 1.82) is 0 Å². The van der Waals surface area contributed by atoms with E-state index in [0.717, 1.165) is 0 Å². The van der Waals surface area contributed by atoms with Gasteiger partial charge in [-0.1, -0.05) is 12.1 Å². The zero-order chi connectivity index (χ0) is 12.0. The smallest absolute Gasteiger partial charge is 0.341 e. The molecular formula is C12H12O5. The molecule has 2 aliphatic rings. The van der Waals surface area contributed by atoms with E-state index in [1.807, 2.05) is 12.1 Å². The zero-order valence-electron chi connectivity index (χ0n) is 9.51. The highest BCUT2D eigenvalue weighted by atomic mass is 16.8. The summed E-state index contributed by atoms with van der Waals surface area (Å²) in [4.78, 5) is 11.6. The molecule has 2 aliphatic heterocycles. The number of fused-ring (bicyclic) bond motifs is 2. The second kappa shape index (κ2) is 3.37. The molecule has 0 unspecified atom stereocenters. The third-order valence-corrected chi connectivity index (χ3v) is 2.68. The quantitative estimate of drug-likeness (QED) is 0.638.